The second-order valence-electron chi connectivity index (χ2n) is 24.3. The third-order valence-electron chi connectivity index (χ3n) is 18.3. The highest BCUT2D eigenvalue weighted by molar-refractivity contribution is 5.92. The highest BCUT2D eigenvalue weighted by Crippen LogP contribution is 2.36. The van der Waals surface area contributed by atoms with Crippen LogP contribution < -0.4 is 14.7 Å². The van der Waals surface area contributed by atoms with Gasteiger partial charge in [0.05, 0.1) is 80.5 Å². The third-order valence-corrected chi connectivity index (χ3v) is 18.3. The molecule has 9 heterocycles. The molecule has 0 unspecified atom stereocenters. The van der Waals surface area contributed by atoms with E-state index in [0.717, 1.165) is 108 Å². The normalized spacial score (nSPS) is 21.2. The lowest BCUT2D eigenvalue weighted by molar-refractivity contribution is -0.137. The minimum atomic E-state index is -4.54. The summed E-state index contributed by atoms with van der Waals surface area (Å²) in [7, 11) is 3.78. The molecule has 6 aromatic rings. The first-order valence-electron chi connectivity index (χ1n) is 33.5. The first-order valence-corrected chi connectivity index (χ1v) is 33.5. The number of alkyl halides is 3. The molecule has 9 aliphatic heterocycles. The van der Waals surface area contributed by atoms with E-state index in [1.807, 2.05) is 27.7 Å². The Bertz CT molecular complexity index is 3740. The standard InChI is InChI=1S/C24H25F3N2O4.C24H25N3O4.C23H24F2N2O4.2C2H6/c1-32-22(30)18-7-5-16(6-8-18)14-29(20-4-2-3-19(13-20)24(25,26)27)23(31)33-21-15-28-11-9-17(21)10-12-28;1-30-23(28)20-7-5-17(6-8-20)15-27(21-4-2-3-18(13-21)14-25)24(29)31-22-16-26-11-9-19(22)10-12-26;1-30-22(28)17-7-6-15(12-19(17)25)13-27(20-5-3-2-4-18(20)24)23(29)31-21-14-26-10-8-16(21)9-11-26;2*1-2/h2-8,13,17,21H,9-12,14-15H2,1H3;2-8,13,19,22H,9-12,15-16H2,1H3;2-7,12,16,21H,8-11,13-14H2,1H3;2*1-2H3/t21-;22-;21-;;/m000../s1. The second kappa shape index (κ2) is 35.9. The second-order valence-corrected chi connectivity index (χ2v) is 24.3. The van der Waals surface area contributed by atoms with Gasteiger partial charge in [-0.05, 0) is 197 Å². The number of esters is 3. The number of carbonyl (C=O) groups is 6. The van der Waals surface area contributed by atoms with Crippen molar-refractivity contribution in [3.8, 4) is 6.07 Å². The van der Waals surface area contributed by atoms with Crippen molar-refractivity contribution in [2.24, 2.45) is 17.8 Å². The van der Waals surface area contributed by atoms with Crippen molar-refractivity contribution in [1.29, 1.82) is 5.26 Å². The highest BCUT2D eigenvalue weighted by Gasteiger charge is 2.41. The summed E-state index contributed by atoms with van der Waals surface area (Å²) in [4.78, 5) is 85.3. The number of halogens is 5. The van der Waals surface area contributed by atoms with Gasteiger partial charge in [0.2, 0.25) is 0 Å². The Morgan fingerprint density at radius 2 is 0.859 bits per heavy atom. The molecule has 6 bridgehead atoms. The fourth-order valence-electron chi connectivity index (χ4n) is 13.0. The third kappa shape index (κ3) is 19.9. The average Bonchev–Trinajstić information content (AvgIpc) is 0.822. The summed E-state index contributed by atoms with van der Waals surface area (Å²) in [5, 5.41) is 9.28. The van der Waals surface area contributed by atoms with Gasteiger partial charge < -0.3 is 28.4 Å². The smallest absolute Gasteiger partial charge is 0.416 e. The zero-order chi connectivity index (χ0) is 71.3. The Labute approximate surface area is 574 Å². The van der Waals surface area contributed by atoms with Crippen LogP contribution in [0.1, 0.15) is 125 Å². The molecule has 528 valence electrons. The number of methoxy groups -OCH3 is 3. The van der Waals surface area contributed by atoms with Crippen LogP contribution in [0, 0.1) is 40.7 Å². The minimum absolute atomic E-state index is 0.0112. The molecule has 9 fully saturated rings. The number of carbonyl (C=O) groups excluding carboxylic acids is 6. The largest absolute Gasteiger partial charge is 0.465 e. The van der Waals surface area contributed by atoms with Crippen molar-refractivity contribution >= 4 is 53.2 Å². The van der Waals surface area contributed by atoms with Gasteiger partial charge in [-0.2, -0.15) is 18.4 Å². The maximum atomic E-state index is 14.5. The minimum Gasteiger partial charge on any atom is -0.465 e. The number of hydrogen-bond donors (Lipinski definition) is 0. The van der Waals surface area contributed by atoms with Crippen molar-refractivity contribution in [2.75, 3.05) is 94.9 Å². The van der Waals surface area contributed by atoms with Crippen LogP contribution in [0.15, 0.2) is 140 Å². The molecule has 19 nitrogen and oxygen atoms in total. The van der Waals surface area contributed by atoms with Gasteiger partial charge in [0.15, 0.2) is 0 Å². The van der Waals surface area contributed by atoms with Crippen molar-refractivity contribution in [3.63, 3.8) is 0 Å². The van der Waals surface area contributed by atoms with Gasteiger partial charge in [0.1, 0.15) is 29.9 Å². The molecule has 3 atom stereocenters. The number of amides is 3. The zero-order valence-electron chi connectivity index (χ0n) is 56.9. The van der Waals surface area contributed by atoms with Crippen LogP contribution in [0.4, 0.5) is 53.4 Å². The van der Waals surface area contributed by atoms with E-state index in [1.165, 1.54) is 73.6 Å². The molecular formula is C75H86F5N7O12. The quantitative estimate of drug-likeness (QED) is 0.0533. The highest BCUT2D eigenvalue weighted by atomic mass is 19.4. The molecule has 9 saturated heterocycles. The number of rotatable bonds is 15. The number of nitrogens with zero attached hydrogens (tertiary/aromatic N) is 7. The van der Waals surface area contributed by atoms with Gasteiger partial charge in [-0.15, -0.1) is 0 Å². The number of benzene rings is 6. The van der Waals surface area contributed by atoms with Crippen LogP contribution in [-0.4, -0.2) is 149 Å². The Morgan fingerprint density at radius 1 is 0.465 bits per heavy atom. The molecule has 0 saturated carbocycles. The molecule has 9 aliphatic rings. The van der Waals surface area contributed by atoms with Crippen LogP contribution in [-0.2, 0) is 54.2 Å². The van der Waals surface area contributed by atoms with Crippen LogP contribution in [0.3, 0.4) is 0 Å². The molecule has 99 heavy (non-hydrogen) atoms. The van der Waals surface area contributed by atoms with Crippen molar-refractivity contribution < 1.29 is 79.1 Å². The monoisotopic (exact) mass is 1370 g/mol. The van der Waals surface area contributed by atoms with E-state index in [0.29, 0.717) is 58.4 Å². The van der Waals surface area contributed by atoms with E-state index < -0.39 is 59.6 Å². The summed E-state index contributed by atoms with van der Waals surface area (Å²) in [6.07, 6.45) is -1.05. The van der Waals surface area contributed by atoms with E-state index in [4.69, 9.17) is 18.9 Å². The van der Waals surface area contributed by atoms with Crippen molar-refractivity contribution in [2.45, 2.75) is 110 Å². The number of piperidine rings is 9. The molecular weight excluding hydrogens is 1290 g/mol. The lowest BCUT2D eigenvalue weighted by Crippen LogP contribution is -2.53. The van der Waals surface area contributed by atoms with Gasteiger partial charge in [0, 0.05) is 31.0 Å². The summed E-state index contributed by atoms with van der Waals surface area (Å²) in [5.41, 5.74) is 2.79. The summed E-state index contributed by atoms with van der Waals surface area (Å²) in [6.45, 7) is 16.3. The van der Waals surface area contributed by atoms with E-state index in [2.05, 4.69) is 30.2 Å². The fraction of sp³-hybridized carbons (Fsp3) is 0.427. The van der Waals surface area contributed by atoms with E-state index in [9.17, 15) is 56.0 Å². The van der Waals surface area contributed by atoms with Crippen LogP contribution in [0.25, 0.3) is 0 Å². The molecule has 3 amide bonds. The van der Waals surface area contributed by atoms with Gasteiger partial charge in [-0.25, -0.2) is 37.5 Å². The maximum absolute atomic E-state index is 14.5. The van der Waals surface area contributed by atoms with Gasteiger partial charge >= 0.3 is 42.4 Å². The number of nitriles is 1. The van der Waals surface area contributed by atoms with Gasteiger partial charge in [-0.3, -0.25) is 29.4 Å². The molecule has 0 spiro atoms. The van der Waals surface area contributed by atoms with Crippen molar-refractivity contribution in [3.05, 3.63) is 196 Å². The fourth-order valence-corrected chi connectivity index (χ4v) is 13.0. The molecule has 0 aromatic heterocycles. The predicted octanol–water partition coefficient (Wildman–Crippen LogP) is 14.4. The molecule has 6 aromatic carbocycles. The maximum Gasteiger partial charge on any atom is 0.416 e. The Balaban J connectivity index is 0.000000184. The number of hydrogen-bond acceptors (Lipinski definition) is 16. The van der Waals surface area contributed by atoms with Gasteiger partial charge in [-0.1, -0.05) is 82.3 Å². The summed E-state index contributed by atoms with van der Waals surface area (Å²) in [6, 6.07) is 36.8. The van der Waals surface area contributed by atoms with E-state index in [1.54, 1.807) is 83.8 Å². The summed E-state index contributed by atoms with van der Waals surface area (Å²) in [5.74, 6) is -2.10. The SMILES string of the molecule is CC.CC.COC(=O)c1ccc(CN(C(=O)O[C@H]2CN3CCC2CC3)c2cccc(C#N)c2)cc1.COC(=O)c1ccc(CN(C(=O)O[C@H]2CN3CCC2CC3)c2cccc(C(F)(F)F)c2)cc1.COC(=O)c1ccc(CN(C(=O)O[C@H]2CN3CCC2CC3)c2ccccc2F)cc1F. The first-order chi connectivity index (χ1) is 47.8. The van der Waals surface area contributed by atoms with E-state index in [-0.39, 0.29) is 60.8 Å². The average molecular weight is 1370 g/mol. The predicted molar refractivity (Wildman–Crippen MR) is 362 cm³/mol. The van der Waals surface area contributed by atoms with Crippen LogP contribution >= 0.6 is 0 Å². The molecule has 0 radical (unpaired) electrons. The summed E-state index contributed by atoms with van der Waals surface area (Å²) >= 11 is 0. The first kappa shape index (κ1) is 75.3. The van der Waals surface area contributed by atoms with Crippen LogP contribution in [0.2, 0.25) is 0 Å². The number of anilines is 3. The lowest BCUT2D eigenvalue weighted by Gasteiger charge is -2.44. The Morgan fingerprint density at radius 3 is 1.24 bits per heavy atom. The number of ether oxygens (including phenoxy) is 6. The van der Waals surface area contributed by atoms with Crippen molar-refractivity contribution in [1.82, 2.24) is 14.7 Å². The van der Waals surface area contributed by atoms with E-state index >= 15 is 0 Å². The number of para-hydroxylation sites is 1. The topological polar surface area (TPSA) is 201 Å². The molecule has 0 N–H and O–H groups in total. The molecule has 0 aliphatic carbocycles. The number of fused-ring (bicyclic) bond motifs is 9. The lowest BCUT2D eigenvalue weighted by atomic mass is 9.86. The Kier molecular flexibility index (Phi) is 27.3. The Hall–Kier alpha value is -9.44. The van der Waals surface area contributed by atoms with Gasteiger partial charge in [0.25, 0.3) is 0 Å². The molecule has 15 rings (SSSR count). The molecule has 24 heteroatoms. The van der Waals surface area contributed by atoms with Crippen LogP contribution in [0.5, 0.6) is 0 Å². The zero-order valence-corrected chi connectivity index (χ0v) is 56.9. The summed E-state index contributed by atoms with van der Waals surface area (Å²) < 4.78 is 100.